The highest BCUT2D eigenvalue weighted by Crippen LogP contribution is 2.19. The first-order valence-electron chi connectivity index (χ1n) is 6.08. The zero-order valence-electron chi connectivity index (χ0n) is 10.2. The SMILES string of the molecule is NCCN(CC(F)(F)F)C(=O)CCC1CCCO1. The average molecular weight is 268 g/mol. The van der Waals surface area contributed by atoms with Crippen molar-refractivity contribution in [2.24, 2.45) is 5.73 Å². The lowest BCUT2D eigenvalue weighted by atomic mass is 10.1. The minimum absolute atomic E-state index is 0.0135. The Kier molecular flexibility index (Phi) is 5.87. The minimum atomic E-state index is -4.38. The Labute approximate surface area is 104 Å². The summed E-state index contributed by atoms with van der Waals surface area (Å²) in [6.45, 7) is -0.589. The molecule has 1 aliphatic rings. The number of amides is 1. The van der Waals surface area contributed by atoms with Crippen molar-refractivity contribution in [2.45, 2.75) is 38.0 Å². The second-order valence-corrected chi connectivity index (χ2v) is 4.39. The Morgan fingerprint density at radius 2 is 2.17 bits per heavy atom. The van der Waals surface area contributed by atoms with Gasteiger partial charge in [-0.25, -0.2) is 0 Å². The highest BCUT2D eigenvalue weighted by atomic mass is 19.4. The molecule has 1 aliphatic heterocycles. The Morgan fingerprint density at radius 3 is 2.67 bits per heavy atom. The van der Waals surface area contributed by atoms with E-state index in [1.54, 1.807) is 0 Å². The molecule has 0 bridgehead atoms. The van der Waals surface area contributed by atoms with Crippen molar-refractivity contribution in [1.82, 2.24) is 4.90 Å². The monoisotopic (exact) mass is 268 g/mol. The van der Waals surface area contributed by atoms with Gasteiger partial charge < -0.3 is 15.4 Å². The molecular weight excluding hydrogens is 249 g/mol. The number of nitrogens with zero attached hydrogens (tertiary/aromatic N) is 1. The van der Waals surface area contributed by atoms with E-state index < -0.39 is 18.6 Å². The second kappa shape index (κ2) is 6.94. The molecule has 106 valence electrons. The molecule has 1 atom stereocenters. The summed E-state index contributed by atoms with van der Waals surface area (Å²) in [7, 11) is 0. The fourth-order valence-electron chi connectivity index (χ4n) is 1.98. The zero-order chi connectivity index (χ0) is 13.6. The van der Waals surface area contributed by atoms with Gasteiger partial charge in [0.05, 0.1) is 6.10 Å². The van der Waals surface area contributed by atoms with Gasteiger partial charge in [-0.2, -0.15) is 13.2 Å². The number of rotatable bonds is 6. The van der Waals surface area contributed by atoms with Crippen LogP contribution in [0.2, 0.25) is 0 Å². The molecule has 1 unspecified atom stereocenters. The quantitative estimate of drug-likeness (QED) is 0.790. The molecule has 0 aromatic carbocycles. The van der Waals surface area contributed by atoms with Gasteiger partial charge in [-0.3, -0.25) is 4.79 Å². The molecule has 0 aromatic heterocycles. The maximum atomic E-state index is 12.3. The van der Waals surface area contributed by atoms with Crippen LogP contribution in [0.1, 0.15) is 25.7 Å². The third-order valence-electron chi connectivity index (χ3n) is 2.83. The number of ether oxygens (including phenoxy) is 1. The van der Waals surface area contributed by atoms with E-state index in [1.165, 1.54) is 0 Å². The lowest BCUT2D eigenvalue weighted by molar-refractivity contribution is -0.161. The summed E-state index contributed by atoms with van der Waals surface area (Å²) in [5.41, 5.74) is 5.22. The normalized spacial score (nSPS) is 20.1. The van der Waals surface area contributed by atoms with Gasteiger partial charge in [0, 0.05) is 26.1 Å². The molecule has 1 saturated heterocycles. The topological polar surface area (TPSA) is 55.6 Å². The van der Waals surface area contributed by atoms with Gasteiger partial charge in [0.15, 0.2) is 0 Å². The Hall–Kier alpha value is -0.820. The van der Waals surface area contributed by atoms with Crippen molar-refractivity contribution in [3.63, 3.8) is 0 Å². The van der Waals surface area contributed by atoms with Crippen molar-refractivity contribution < 1.29 is 22.7 Å². The van der Waals surface area contributed by atoms with Crippen LogP contribution >= 0.6 is 0 Å². The van der Waals surface area contributed by atoms with Gasteiger partial charge in [-0.1, -0.05) is 0 Å². The minimum Gasteiger partial charge on any atom is -0.378 e. The first-order valence-corrected chi connectivity index (χ1v) is 6.08. The summed E-state index contributed by atoms with van der Waals surface area (Å²) in [6.07, 6.45) is -1.97. The fourth-order valence-corrected chi connectivity index (χ4v) is 1.98. The molecule has 2 N–H and O–H groups in total. The molecule has 18 heavy (non-hydrogen) atoms. The Balaban J connectivity index is 2.38. The number of carbonyl (C=O) groups excluding carboxylic acids is 1. The predicted octanol–water partition coefficient (Wildman–Crippen LogP) is 1.30. The standard InChI is InChI=1S/C11H19F3N2O2/c12-11(13,14)8-16(6-5-15)10(17)4-3-9-2-1-7-18-9/h9H,1-8,15H2. The molecule has 1 rings (SSSR count). The summed E-state index contributed by atoms with van der Waals surface area (Å²) in [6, 6.07) is 0. The van der Waals surface area contributed by atoms with Crippen molar-refractivity contribution in [3.8, 4) is 0 Å². The summed E-state index contributed by atoms with van der Waals surface area (Å²) in [4.78, 5) is 12.5. The van der Waals surface area contributed by atoms with E-state index in [2.05, 4.69) is 0 Å². The van der Waals surface area contributed by atoms with Crippen LogP contribution in [0.3, 0.4) is 0 Å². The maximum absolute atomic E-state index is 12.3. The summed E-state index contributed by atoms with van der Waals surface area (Å²) in [5.74, 6) is -0.506. The van der Waals surface area contributed by atoms with E-state index in [0.717, 1.165) is 17.7 Å². The van der Waals surface area contributed by atoms with E-state index in [0.29, 0.717) is 13.0 Å². The van der Waals surface area contributed by atoms with Gasteiger partial charge in [0.1, 0.15) is 6.54 Å². The van der Waals surface area contributed by atoms with Gasteiger partial charge in [-0.15, -0.1) is 0 Å². The number of halogens is 3. The molecule has 4 nitrogen and oxygen atoms in total. The molecule has 0 aliphatic carbocycles. The molecule has 0 aromatic rings. The van der Waals surface area contributed by atoms with E-state index in [9.17, 15) is 18.0 Å². The van der Waals surface area contributed by atoms with Crippen LogP contribution in [0.5, 0.6) is 0 Å². The van der Waals surface area contributed by atoms with Crippen LogP contribution in [0.25, 0.3) is 0 Å². The molecule has 7 heteroatoms. The molecule has 1 amide bonds. The van der Waals surface area contributed by atoms with E-state index >= 15 is 0 Å². The largest absolute Gasteiger partial charge is 0.406 e. The molecule has 1 fully saturated rings. The van der Waals surface area contributed by atoms with Crippen LogP contribution in [0.15, 0.2) is 0 Å². The van der Waals surface area contributed by atoms with Gasteiger partial charge in [0.2, 0.25) is 5.91 Å². The van der Waals surface area contributed by atoms with Gasteiger partial charge in [-0.05, 0) is 19.3 Å². The smallest absolute Gasteiger partial charge is 0.378 e. The van der Waals surface area contributed by atoms with Crippen LogP contribution in [0.4, 0.5) is 13.2 Å². The number of carbonyl (C=O) groups is 1. The third-order valence-corrected chi connectivity index (χ3v) is 2.83. The lowest BCUT2D eigenvalue weighted by Crippen LogP contribution is -2.41. The summed E-state index contributed by atoms with van der Waals surface area (Å²) < 4.78 is 42.1. The first kappa shape index (κ1) is 15.2. The number of hydrogen-bond donors (Lipinski definition) is 1. The van der Waals surface area contributed by atoms with Crippen LogP contribution < -0.4 is 5.73 Å². The van der Waals surface area contributed by atoms with Crippen molar-refractivity contribution in [2.75, 3.05) is 26.2 Å². The van der Waals surface area contributed by atoms with E-state index in [1.807, 2.05) is 0 Å². The number of nitrogens with two attached hydrogens (primary N) is 1. The second-order valence-electron chi connectivity index (χ2n) is 4.39. The predicted molar refractivity (Wildman–Crippen MR) is 59.9 cm³/mol. The molecular formula is C11H19F3N2O2. The molecule has 0 spiro atoms. The van der Waals surface area contributed by atoms with E-state index in [-0.39, 0.29) is 25.6 Å². The van der Waals surface area contributed by atoms with Crippen molar-refractivity contribution in [3.05, 3.63) is 0 Å². The highest BCUT2D eigenvalue weighted by Gasteiger charge is 2.32. The van der Waals surface area contributed by atoms with Crippen LogP contribution in [-0.4, -0.2) is 49.3 Å². The third kappa shape index (κ3) is 5.68. The fraction of sp³-hybridized carbons (Fsp3) is 0.909. The lowest BCUT2D eigenvalue weighted by Gasteiger charge is -2.23. The van der Waals surface area contributed by atoms with E-state index in [4.69, 9.17) is 10.5 Å². The zero-order valence-corrected chi connectivity index (χ0v) is 10.2. The Bertz CT molecular complexity index is 266. The van der Waals surface area contributed by atoms with Gasteiger partial charge in [0.25, 0.3) is 0 Å². The number of hydrogen-bond acceptors (Lipinski definition) is 3. The molecule has 0 saturated carbocycles. The maximum Gasteiger partial charge on any atom is 0.406 e. The molecule has 1 heterocycles. The summed E-state index contributed by atoms with van der Waals surface area (Å²) in [5, 5.41) is 0. The van der Waals surface area contributed by atoms with Crippen molar-refractivity contribution >= 4 is 5.91 Å². The number of alkyl halides is 3. The average Bonchev–Trinajstić information content (AvgIpc) is 2.76. The Morgan fingerprint density at radius 1 is 1.44 bits per heavy atom. The van der Waals surface area contributed by atoms with Crippen LogP contribution in [0, 0.1) is 0 Å². The van der Waals surface area contributed by atoms with Crippen molar-refractivity contribution in [1.29, 1.82) is 0 Å². The summed E-state index contributed by atoms with van der Waals surface area (Å²) >= 11 is 0. The van der Waals surface area contributed by atoms with Gasteiger partial charge >= 0.3 is 6.18 Å². The first-order chi connectivity index (χ1) is 8.42. The highest BCUT2D eigenvalue weighted by molar-refractivity contribution is 5.76. The van der Waals surface area contributed by atoms with Crippen LogP contribution in [-0.2, 0) is 9.53 Å². The molecule has 0 radical (unpaired) electrons.